The zero-order valence-corrected chi connectivity index (χ0v) is 11.5. The number of hydrogen-bond acceptors (Lipinski definition) is 2. The molecule has 0 aliphatic carbocycles. The lowest BCUT2D eigenvalue weighted by Gasteiger charge is -2.17. The summed E-state index contributed by atoms with van der Waals surface area (Å²) >= 11 is 0. The first-order chi connectivity index (χ1) is 9.06. The first-order valence-corrected chi connectivity index (χ1v) is 6.62. The van der Waals surface area contributed by atoms with Crippen LogP contribution in [0.2, 0.25) is 0 Å². The molecular formula is C16H20N2O. The number of carbonyl (C=O) groups is 1. The highest BCUT2D eigenvalue weighted by Crippen LogP contribution is 2.18. The Labute approximate surface area is 114 Å². The summed E-state index contributed by atoms with van der Waals surface area (Å²) < 4.78 is 0. The second kappa shape index (κ2) is 5.74. The Balaban J connectivity index is 2.10. The minimum absolute atomic E-state index is 0.112. The summed E-state index contributed by atoms with van der Waals surface area (Å²) in [6.45, 7) is 8.11. The average Bonchev–Trinajstić information content (AvgIpc) is 2.37. The molecule has 0 spiro atoms. The van der Waals surface area contributed by atoms with Gasteiger partial charge in [0.2, 0.25) is 0 Å². The van der Waals surface area contributed by atoms with Crippen LogP contribution in [0.3, 0.4) is 0 Å². The minimum Gasteiger partial charge on any atom is -0.348 e. The second-order valence-corrected chi connectivity index (χ2v) is 5.26. The molecule has 2 rings (SSSR count). The van der Waals surface area contributed by atoms with E-state index < -0.39 is 0 Å². The van der Waals surface area contributed by atoms with E-state index >= 15 is 0 Å². The fourth-order valence-electron chi connectivity index (χ4n) is 1.99. The molecule has 2 N–H and O–H groups in total. The maximum absolute atomic E-state index is 11.8. The molecule has 0 aromatic heterocycles. The van der Waals surface area contributed by atoms with Crippen molar-refractivity contribution in [2.24, 2.45) is 5.92 Å². The van der Waals surface area contributed by atoms with Crippen molar-refractivity contribution in [2.75, 3.05) is 0 Å². The Hall–Kier alpha value is -2.03. The first-order valence-electron chi connectivity index (χ1n) is 6.62. The molecule has 0 unspecified atom stereocenters. The third kappa shape index (κ3) is 3.47. The predicted octanol–water partition coefficient (Wildman–Crippen LogP) is 2.81. The van der Waals surface area contributed by atoms with E-state index in [9.17, 15) is 4.79 Å². The highest BCUT2D eigenvalue weighted by molar-refractivity contribution is 6.20. The minimum atomic E-state index is -0.112. The van der Waals surface area contributed by atoms with Gasteiger partial charge in [-0.1, -0.05) is 44.7 Å². The van der Waals surface area contributed by atoms with E-state index in [1.165, 1.54) is 12.0 Å². The third-order valence-corrected chi connectivity index (χ3v) is 3.18. The molecule has 1 heterocycles. The predicted molar refractivity (Wildman–Crippen MR) is 78.0 cm³/mol. The molecule has 1 amide bonds. The summed E-state index contributed by atoms with van der Waals surface area (Å²) in [5.74, 6) is 1.11. The highest BCUT2D eigenvalue weighted by Gasteiger charge is 2.16. The lowest BCUT2D eigenvalue weighted by molar-refractivity contribution is -0.115. The monoisotopic (exact) mass is 256 g/mol. The van der Waals surface area contributed by atoms with Crippen LogP contribution >= 0.6 is 0 Å². The van der Waals surface area contributed by atoms with E-state index in [2.05, 4.69) is 43.2 Å². The third-order valence-electron chi connectivity index (χ3n) is 3.18. The molecule has 0 atom stereocenters. The summed E-state index contributed by atoms with van der Waals surface area (Å²) in [6, 6.07) is 8.18. The van der Waals surface area contributed by atoms with Gasteiger partial charge in [0.05, 0.1) is 5.57 Å². The van der Waals surface area contributed by atoms with E-state index in [4.69, 9.17) is 0 Å². The van der Waals surface area contributed by atoms with Gasteiger partial charge in [-0.2, -0.15) is 0 Å². The van der Waals surface area contributed by atoms with Gasteiger partial charge in [-0.3, -0.25) is 4.79 Å². The number of hydrogen-bond donors (Lipinski definition) is 2. The van der Waals surface area contributed by atoms with Crippen molar-refractivity contribution in [3.63, 3.8) is 0 Å². The number of rotatable bonds is 4. The van der Waals surface area contributed by atoms with Gasteiger partial charge in [0.1, 0.15) is 5.82 Å². The SMILES string of the molecule is C=C1NC=C(c2ccc(CCC(C)C)cc2)C(=O)N1. The Bertz CT molecular complexity index is 512. The van der Waals surface area contributed by atoms with Crippen molar-refractivity contribution in [2.45, 2.75) is 26.7 Å². The molecule has 0 bridgehead atoms. The maximum atomic E-state index is 11.8. The molecule has 0 radical (unpaired) electrons. The Morgan fingerprint density at radius 3 is 2.47 bits per heavy atom. The van der Waals surface area contributed by atoms with Crippen molar-refractivity contribution in [3.8, 4) is 0 Å². The number of aryl methyl sites for hydroxylation is 1. The van der Waals surface area contributed by atoms with Crippen molar-refractivity contribution >= 4 is 11.5 Å². The van der Waals surface area contributed by atoms with E-state index in [1.54, 1.807) is 6.20 Å². The van der Waals surface area contributed by atoms with Crippen LogP contribution in [0.4, 0.5) is 0 Å². The summed E-state index contributed by atoms with van der Waals surface area (Å²) in [4.78, 5) is 11.8. The Morgan fingerprint density at radius 2 is 1.89 bits per heavy atom. The quantitative estimate of drug-likeness (QED) is 0.869. The molecule has 1 aliphatic rings. The molecule has 3 nitrogen and oxygen atoms in total. The molecule has 0 saturated carbocycles. The molecule has 1 aromatic rings. The second-order valence-electron chi connectivity index (χ2n) is 5.26. The van der Waals surface area contributed by atoms with Gasteiger partial charge >= 0.3 is 0 Å². The van der Waals surface area contributed by atoms with Crippen molar-refractivity contribution < 1.29 is 4.79 Å². The fraction of sp³-hybridized carbons (Fsp3) is 0.312. The number of benzene rings is 1. The van der Waals surface area contributed by atoms with E-state index in [0.717, 1.165) is 12.0 Å². The maximum Gasteiger partial charge on any atom is 0.258 e. The molecule has 3 heteroatoms. The summed E-state index contributed by atoms with van der Waals surface area (Å²) in [7, 11) is 0. The average molecular weight is 256 g/mol. The molecule has 0 fully saturated rings. The summed E-state index contributed by atoms with van der Waals surface area (Å²) in [5.41, 5.74) is 2.88. The van der Waals surface area contributed by atoms with Gasteiger partial charge in [-0.05, 0) is 29.9 Å². The van der Waals surface area contributed by atoms with Crippen molar-refractivity contribution in [3.05, 3.63) is 54.0 Å². The summed E-state index contributed by atoms with van der Waals surface area (Å²) in [6.07, 6.45) is 3.96. The van der Waals surface area contributed by atoms with E-state index in [1.807, 2.05) is 12.1 Å². The van der Waals surface area contributed by atoms with Crippen LogP contribution in [0, 0.1) is 5.92 Å². The zero-order valence-electron chi connectivity index (χ0n) is 11.5. The molecular weight excluding hydrogens is 236 g/mol. The Kier molecular flexibility index (Phi) is 4.05. The number of nitrogens with one attached hydrogen (secondary N) is 2. The fourth-order valence-corrected chi connectivity index (χ4v) is 1.99. The largest absolute Gasteiger partial charge is 0.348 e. The van der Waals surface area contributed by atoms with E-state index in [-0.39, 0.29) is 5.91 Å². The Morgan fingerprint density at radius 1 is 1.21 bits per heavy atom. The zero-order chi connectivity index (χ0) is 13.8. The topological polar surface area (TPSA) is 41.1 Å². The smallest absolute Gasteiger partial charge is 0.258 e. The molecule has 19 heavy (non-hydrogen) atoms. The lowest BCUT2D eigenvalue weighted by atomic mass is 9.99. The number of carbonyl (C=O) groups excluding carboxylic acids is 1. The van der Waals surface area contributed by atoms with Crippen LogP contribution in [0.25, 0.3) is 5.57 Å². The van der Waals surface area contributed by atoms with Crippen LogP contribution in [-0.4, -0.2) is 5.91 Å². The summed E-state index contributed by atoms with van der Waals surface area (Å²) in [5, 5.41) is 5.60. The normalized spacial score (nSPS) is 15.0. The molecule has 1 aliphatic heterocycles. The van der Waals surface area contributed by atoms with Crippen LogP contribution in [0.15, 0.2) is 42.9 Å². The van der Waals surface area contributed by atoms with Gasteiger partial charge in [-0.25, -0.2) is 0 Å². The standard InChI is InChI=1S/C16H20N2O/c1-11(2)4-5-13-6-8-14(9-7-13)15-10-17-12(3)18-16(15)19/h6-11,17H,3-5H2,1-2H3,(H,18,19). The highest BCUT2D eigenvalue weighted by atomic mass is 16.2. The molecule has 0 saturated heterocycles. The number of amides is 1. The van der Waals surface area contributed by atoms with E-state index in [0.29, 0.717) is 17.3 Å². The van der Waals surface area contributed by atoms with Gasteiger partial charge < -0.3 is 10.6 Å². The van der Waals surface area contributed by atoms with Gasteiger partial charge in [0.25, 0.3) is 5.91 Å². The van der Waals surface area contributed by atoms with Crippen molar-refractivity contribution in [1.82, 2.24) is 10.6 Å². The first kappa shape index (κ1) is 13.4. The molecule has 1 aromatic carbocycles. The lowest BCUT2D eigenvalue weighted by Crippen LogP contribution is -2.34. The van der Waals surface area contributed by atoms with Gasteiger partial charge in [-0.15, -0.1) is 0 Å². The van der Waals surface area contributed by atoms with Crippen LogP contribution in [-0.2, 0) is 11.2 Å². The van der Waals surface area contributed by atoms with Crippen LogP contribution in [0.1, 0.15) is 31.4 Å². The van der Waals surface area contributed by atoms with Crippen molar-refractivity contribution in [1.29, 1.82) is 0 Å². The van der Waals surface area contributed by atoms with Crippen LogP contribution < -0.4 is 10.6 Å². The van der Waals surface area contributed by atoms with Gasteiger partial charge in [0, 0.05) is 6.20 Å². The van der Waals surface area contributed by atoms with Crippen LogP contribution in [0.5, 0.6) is 0 Å². The van der Waals surface area contributed by atoms with Gasteiger partial charge in [0.15, 0.2) is 0 Å². The molecule has 100 valence electrons.